The highest BCUT2D eigenvalue weighted by Gasteiger charge is 2.44. The molecule has 1 nitrogen and oxygen atoms in total. The van der Waals surface area contributed by atoms with Crippen molar-refractivity contribution in [3.63, 3.8) is 0 Å². The average molecular weight is 261 g/mol. The molecule has 1 heterocycles. The van der Waals surface area contributed by atoms with Crippen LogP contribution in [-0.4, -0.2) is 13.1 Å². The SMILES string of the molecule is CC1CCCC2(CCNCC2c2ccccc2F)C1. The van der Waals surface area contributed by atoms with Crippen LogP contribution >= 0.6 is 0 Å². The van der Waals surface area contributed by atoms with E-state index in [0.717, 1.165) is 24.6 Å². The Labute approximate surface area is 115 Å². The fourth-order valence-corrected chi connectivity index (χ4v) is 4.42. The first-order valence-electron chi connectivity index (χ1n) is 7.66. The van der Waals surface area contributed by atoms with Crippen LogP contribution in [0.1, 0.15) is 50.5 Å². The zero-order chi connectivity index (χ0) is 13.3. The van der Waals surface area contributed by atoms with Crippen LogP contribution < -0.4 is 5.32 Å². The molecule has 0 aromatic heterocycles. The van der Waals surface area contributed by atoms with E-state index in [9.17, 15) is 4.39 Å². The molecule has 1 saturated heterocycles. The summed E-state index contributed by atoms with van der Waals surface area (Å²) in [6, 6.07) is 7.39. The number of hydrogen-bond donors (Lipinski definition) is 1. The largest absolute Gasteiger partial charge is 0.316 e. The Hall–Kier alpha value is -0.890. The predicted molar refractivity (Wildman–Crippen MR) is 76.7 cm³/mol. The summed E-state index contributed by atoms with van der Waals surface area (Å²) in [6.07, 6.45) is 6.41. The van der Waals surface area contributed by atoms with E-state index in [1.165, 1.54) is 32.1 Å². The average Bonchev–Trinajstić information content (AvgIpc) is 2.40. The van der Waals surface area contributed by atoms with Gasteiger partial charge in [-0.05, 0) is 48.8 Å². The Bertz CT molecular complexity index is 441. The summed E-state index contributed by atoms with van der Waals surface area (Å²) in [5, 5.41) is 3.48. The first-order chi connectivity index (χ1) is 9.21. The lowest BCUT2D eigenvalue weighted by Gasteiger charge is -2.49. The number of rotatable bonds is 1. The van der Waals surface area contributed by atoms with E-state index >= 15 is 0 Å². The quantitative estimate of drug-likeness (QED) is 0.802. The lowest BCUT2D eigenvalue weighted by Crippen LogP contribution is -2.46. The van der Waals surface area contributed by atoms with Gasteiger partial charge in [0.2, 0.25) is 0 Å². The summed E-state index contributed by atoms with van der Waals surface area (Å²) < 4.78 is 14.2. The molecule has 2 aliphatic rings. The molecule has 3 unspecified atom stereocenters. The Morgan fingerprint density at radius 1 is 1.26 bits per heavy atom. The normalized spacial score (nSPS) is 35.5. The summed E-state index contributed by atoms with van der Waals surface area (Å²) in [7, 11) is 0. The molecule has 2 fully saturated rings. The smallest absolute Gasteiger partial charge is 0.126 e. The lowest BCUT2D eigenvalue weighted by atomic mass is 9.58. The molecule has 1 saturated carbocycles. The topological polar surface area (TPSA) is 12.0 Å². The molecular formula is C17H24FN. The van der Waals surface area contributed by atoms with Gasteiger partial charge in [-0.3, -0.25) is 0 Å². The van der Waals surface area contributed by atoms with Gasteiger partial charge in [0.1, 0.15) is 5.82 Å². The molecule has 19 heavy (non-hydrogen) atoms. The van der Waals surface area contributed by atoms with Crippen LogP contribution in [0.5, 0.6) is 0 Å². The monoisotopic (exact) mass is 261 g/mol. The van der Waals surface area contributed by atoms with Crippen LogP contribution in [0.3, 0.4) is 0 Å². The predicted octanol–water partition coefficient (Wildman–Crippen LogP) is 4.10. The van der Waals surface area contributed by atoms with Crippen LogP contribution in [0.2, 0.25) is 0 Å². The molecule has 1 spiro atoms. The van der Waals surface area contributed by atoms with Crippen molar-refractivity contribution in [2.24, 2.45) is 11.3 Å². The minimum atomic E-state index is -0.0196. The van der Waals surface area contributed by atoms with Gasteiger partial charge in [0.15, 0.2) is 0 Å². The highest BCUT2D eigenvalue weighted by Crippen LogP contribution is 2.52. The summed E-state index contributed by atoms with van der Waals surface area (Å²) >= 11 is 0. The van der Waals surface area contributed by atoms with Gasteiger partial charge in [-0.15, -0.1) is 0 Å². The van der Waals surface area contributed by atoms with Crippen molar-refractivity contribution >= 4 is 0 Å². The van der Waals surface area contributed by atoms with Gasteiger partial charge >= 0.3 is 0 Å². The van der Waals surface area contributed by atoms with Crippen LogP contribution in [-0.2, 0) is 0 Å². The number of piperidine rings is 1. The minimum absolute atomic E-state index is 0.0196. The van der Waals surface area contributed by atoms with Gasteiger partial charge < -0.3 is 5.32 Å². The molecule has 0 bridgehead atoms. The maximum Gasteiger partial charge on any atom is 0.126 e. The van der Waals surface area contributed by atoms with Crippen molar-refractivity contribution in [2.75, 3.05) is 13.1 Å². The number of nitrogens with one attached hydrogen (secondary N) is 1. The van der Waals surface area contributed by atoms with Crippen molar-refractivity contribution < 1.29 is 4.39 Å². The van der Waals surface area contributed by atoms with Gasteiger partial charge in [-0.1, -0.05) is 38.0 Å². The van der Waals surface area contributed by atoms with E-state index in [4.69, 9.17) is 0 Å². The lowest BCUT2D eigenvalue weighted by molar-refractivity contribution is 0.0741. The van der Waals surface area contributed by atoms with Crippen molar-refractivity contribution in [3.8, 4) is 0 Å². The first-order valence-corrected chi connectivity index (χ1v) is 7.66. The second-order valence-electron chi connectivity index (χ2n) is 6.59. The highest BCUT2D eigenvalue weighted by molar-refractivity contribution is 5.26. The van der Waals surface area contributed by atoms with Gasteiger partial charge in [0, 0.05) is 12.5 Å². The van der Waals surface area contributed by atoms with Crippen molar-refractivity contribution in [1.82, 2.24) is 5.32 Å². The standard InChI is InChI=1S/C17H24FN/c1-13-5-4-8-17(11-13)9-10-19-12-15(17)14-6-2-3-7-16(14)18/h2-3,6-7,13,15,19H,4-5,8-12H2,1H3. The number of hydrogen-bond acceptors (Lipinski definition) is 1. The molecule has 1 aromatic rings. The van der Waals surface area contributed by atoms with Crippen molar-refractivity contribution in [2.45, 2.75) is 44.9 Å². The highest BCUT2D eigenvalue weighted by atomic mass is 19.1. The summed E-state index contributed by atoms with van der Waals surface area (Å²) in [4.78, 5) is 0. The molecule has 104 valence electrons. The van der Waals surface area contributed by atoms with Crippen LogP contribution in [0.15, 0.2) is 24.3 Å². The molecule has 1 aliphatic heterocycles. The van der Waals surface area contributed by atoms with Gasteiger partial charge in [0.25, 0.3) is 0 Å². The van der Waals surface area contributed by atoms with E-state index in [0.29, 0.717) is 11.3 Å². The molecule has 1 N–H and O–H groups in total. The third-order valence-electron chi connectivity index (χ3n) is 5.29. The van der Waals surface area contributed by atoms with Crippen LogP contribution in [0, 0.1) is 17.2 Å². The zero-order valence-corrected chi connectivity index (χ0v) is 11.8. The summed E-state index contributed by atoms with van der Waals surface area (Å²) in [5.41, 5.74) is 1.27. The van der Waals surface area contributed by atoms with Gasteiger partial charge in [-0.2, -0.15) is 0 Å². The second kappa shape index (κ2) is 5.24. The maximum atomic E-state index is 14.2. The molecule has 2 heteroatoms. The molecule has 3 rings (SSSR count). The van der Waals surface area contributed by atoms with Crippen LogP contribution in [0.4, 0.5) is 4.39 Å². The minimum Gasteiger partial charge on any atom is -0.316 e. The van der Waals surface area contributed by atoms with Gasteiger partial charge in [-0.25, -0.2) is 4.39 Å². The Kier molecular flexibility index (Phi) is 3.62. The maximum absolute atomic E-state index is 14.2. The van der Waals surface area contributed by atoms with E-state index in [2.05, 4.69) is 12.2 Å². The van der Waals surface area contributed by atoms with E-state index < -0.39 is 0 Å². The second-order valence-corrected chi connectivity index (χ2v) is 6.59. The Morgan fingerprint density at radius 2 is 2.11 bits per heavy atom. The third-order valence-corrected chi connectivity index (χ3v) is 5.29. The van der Waals surface area contributed by atoms with E-state index in [-0.39, 0.29) is 5.82 Å². The van der Waals surface area contributed by atoms with Crippen molar-refractivity contribution in [3.05, 3.63) is 35.6 Å². The molecule has 3 atom stereocenters. The molecule has 0 amide bonds. The van der Waals surface area contributed by atoms with Gasteiger partial charge in [0.05, 0.1) is 0 Å². The molecule has 1 aromatic carbocycles. The molecular weight excluding hydrogens is 237 g/mol. The summed E-state index contributed by atoms with van der Waals surface area (Å²) in [6.45, 7) is 4.40. The summed E-state index contributed by atoms with van der Waals surface area (Å²) in [5.74, 6) is 1.13. The number of halogens is 1. The zero-order valence-electron chi connectivity index (χ0n) is 11.8. The van der Waals surface area contributed by atoms with E-state index in [1.807, 2.05) is 12.1 Å². The van der Waals surface area contributed by atoms with Crippen LogP contribution in [0.25, 0.3) is 0 Å². The Morgan fingerprint density at radius 3 is 2.89 bits per heavy atom. The first kappa shape index (κ1) is 13.1. The fourth-order valence-electron chi connectivity index (χ4n) is 4.42. The van der Waals surface area contributed by atoms with E-state index in [1.54, 1.807) is 12.1 Å². The van der Waals surface area contributed by atoms with Crippen molar-refractivity contribution in [1.29, 1.82) is 0 Å². The Balaban J connectivity index is 1.95. The fraction of sp³-hybridized carbons (Fsp3) is 0.647. The third kappa shape index (κ3) is 2.43. The molecule has 1 aliphatic carbocycles. The molecule has 0 radical (unpaired) electrons. The number of benzene rings is 1.